The smallest absolute Gasteiger partial charge is 0.335 e. The fourth-order valence-corrected chi connectivity index (χ4v) is 2.73. The van der Waals surface area contributed by atoms with Crippen LogP contribution in [0, 0.1) is 0 Å². The van der Waals surface area contributed by atoms with Gasteiger partial charge in [-0.25, -0.2) is 4.79 Å². The van der Waals surface area contributed by atoms with Gasteiger partial charge >= 0.3 is 5.97 Å². The molecule has 4 heteroatoms. The molecule has 0 radical (unpaired) electrons. The Morgan fingerprint density at radius 2 is 1.95 bits per heavy atom. The molecule has 1 N–H and O–H groups in total. The van der Waals surface area contributed by atoms with Crippen molar-refractivity contribution in [3.8, 4) is 5.75 Å². The highest BCUT2D eigenvalue weighted by molar-refractivity contribution is 6.30. The monoisotopic (exact) mass is 314 g/mol. The number of fused-ring (bicyclic) bond motifs is 1. The number of carboxylic acids is 1. The average Bonchev–Trinajstić information content (AvgIpc) is 2.52. The van der Waals surface area contributed by atoms with E-state index in [2.05, 4.69) is 0 Å². The van der Waals surface area contributed by atoms with Crippen LogP contribution in [0.2, 0.25) is 5.02 Å². The van der Waals surface area contributed by atoms with Crippen LogP contribution in [-0.2, 0) is 11.2 Å². The van der Waals surface area contributed by atoms with E-state index in [1.54, 1.807) is 24.3 Å². The van der Waals surface area contributed by atoms with E-state index < -0.39 is 12.1 Å². The summed E-state index contributed by atoms with van der Waals surface area (Å²) in [6.45, 7) is 0. The lowest BCUT2D eigenvalue weighted by molar-refractivity contribution is -0.133. The number of ether oxygens (including phenoxy) is 1. The van der Waals surface area contributed by atoms with Crippen LogP contribution in [0.15, 0.2) is 54.1 Å². The van der Waals surface area contributed by atoms with Crippen molar-refractivity contribution in [1.82, 2.24) is 0 Å². The van der Waals surface area contributed by atoms with Gasteiger partial charge in [0.05, 0.1) is 5.57 Å². The van der Waals surface area contributed by atoms with Crippen molar-refractivity contribution in [2.75, 3.05) is 0 Å². The molecule has 1 aliphatic heterocycles. The zero-order chi connectivity index (χ0) is 15.5. The SMILES string of the molecule is O=C(O)C1=Cc2ccc(Cl)cc2OC1CCc1ccccc1. The minimum absolute atomic E-state index is 0.283. The van der Waals surface area contributed by atoms with Crippen LogP contribution in [0.5, 0.6) is 5.75 Å². The van der Waals surface area contributed by atoms with E-state index >= 15 is 0 Å². The zero-order valence-electron chi connectivity index (χ0n) is 11.8. The lowest BCUT2D eigenvalue weighted by Gasteiger charge is -2.25. The van der Waals surface area contributed by atoms with Crippen molar-refractivity contribution in [2.24, 2.45) is 0 Å². The molecule has 0 aromatic heterocycles. The van der Waals surface area contributed by atoms with E-state index in [0.717, 1.165) is 17.5 Å². The van der Waals surface area contributed by atoms with Crippen LogP contribution in [0.1, 0.15) is 17.5 Å². The molecule has 2 aromatic rings. The van der Waals surface area contributed by atoms with Gasteiger partial charge in [0.25, 0.3) is 0 Å². The highest BCUT2D eigenvalue weighted by atomic mass is 35.5. The van der Waals surface area contributed by atoms with Crippen LogP contribution >= 0.6 is 11.6 Å². The van der Waals surface area contributed by atoms with Crippen LogP contribution in [-0.4, -0.2) is 17.2 Å². The summed E-state index contributed by atoms with van der Waals surface area (Å²) >= 11 is 5.98. The fraction of sp³-hybridized carbons (Fsp3) is 0.167. The van der Waals surface area contributed by atoms with Crippen molar-refractivity contribution >= 4 is 23.6 Å². The van der Waals surface area contributed by atoms with Gasteiger partial charge in [0.1, 0.15) is 11.9 Å². The third-order valence-electron chi connectivity index (χ3n) is 3.69. The second-order valence-electron chi connectivity index (χ2n) is 5.22. The Morgan fingerprint density at radius 1 is 1.18 bits per heavy atom. The molecular formula is C18H15ClO3. The van der Waals surface area contributed by atoms with E-state index in [1.807, 2.05) is 30.3 Å². The number of hydrogen-bond acceptors (Lipinski definition) is 2. The summed E-state index contributed by atoms with van der Waals surface area (Å²) in [6, 6.07) is 15.2. The molecule has 0 saturated carbocycles. The minimum atomic E-state index is -0.946. The molecule has 0 amide bonds. The second-order valence-corrected chi connectivity index (χ2v) is 5.65. The van der Waals surface area contributed by atoms with Gasteiger partial charge in [0, 0.05) is 10.6 Å². The lowest BCUT2D eigenvalue weighted by atomic mass is 9.96. The number of carbonyl (C=O) groups is 1. The molecule has 112 valence electrons. The Hall–Kier alpha value is -2.26. The van der Waals surface area contributed by atoms with Gasteiger partial charge in [-0.05, 0) is 42.7 Å². The first-order valence-corrected chi connectivity index (χ1v) is 7.46. The Labute approximate surface area is 133 Å². The maximum atomic E-state index is 11.5. The summed E-state index contributed by atoms with van der Waals surface area (Å²) in [4.78, 5) is 11.5. The van der Waals surface area contributed by atoms with E-state index in [4.69, 9.17) is 16.3 Å². The molecule has 1 aliphatic rings. The second kappa shape index (κ2) is 6.24. The van der Waals surface area contributed by atoms with Crippen LogP contribution in [0.3, 0.4) is 0 Å². The predicted octanol–water partition coefficient (Wildman–Crippen LogP) is 4.20. The summed E-state index contributed by atoms with van der Waals surface area (Å²) in [7, 11) is 0. The Kier molecular flexibility index (Phi) is 4.16. The maximum absolute atomic E-state index is 11.5. The Morgan fingerprint density at radius 3 is 2.68 bits per heavy atom. The molecule has 1 atom stereocenters. The fourth-order valence-electron chi connectivity index (χ4n) is 2.56. The molecular weight excluding hydrogens is 300 g/mol. The summed E-state index contributed by atoms with van der Waals surface area (Å²) in [5.41, 5.74) is 2.19. The zero-order valence-corrected chi connectivity index (χ0v) is 12.6. The van der Waals surface area contributed by atoms with Gasteiger partial charge < -0.3 is 9.84 Å². The molecule has 1 heterocycles. The third kappa shape index (κ3) is 3.15. The van der Waals surface area contributed by atoms with Gasteiger partial charge in [-0.2, -0.15) is 0 Å². The predicted molar refractivity (Wildman–Crippen MR) is 86.2 cm³/mol. The molecule has 0 aliphatic carbocycles. The largest absolute Gasteiger partial charge is 0.485 e. The molecule has 0 spiro atoms. The number of carboxylic acid groups (broad SMARTS) is 1. The number of halogens is 1. The van der Waals surface area contributed by atoms with Gasteiger partial charge in [-0.1, -0.05) is 41.9 Å². The van der Waals surface area contributed by atoms with Crippen LogP contribution in [0.4, 0.5) is 0 Å². The van der Waals surface area contributed by atoms with E-state index in [-0.39, 0.29) is 5.57 Å². The number of aryl methyl sites for hydroxylation is 1. The Balaban J connectivity index is 1.83. The summed E-state index contributed by atoms with van der Waals surface area (Å²) < 4.78 is 5.87. The summed E-state index contributed by atoms with van der Waals surface area (Å²) in [5, 5.41) is 9.99. The molecule has 22 heavy (non-hydrogen) atoms. The van der Waals surface area contributed by atoms with Crippen molar-refractivity contribution in [1.29, 1.82) is 0 Å². The number of benzene rings is 2. The lowest BCUT2D eigenvalue weighted by Crippen LogP contribution is -2.27. The van der Waals surface area contributed by atoms with Gasteiger partial charge in [-0.15, -0.1) is 0 Å². The number of rotatable bonds is 4. The van der Waals surface area contributed by atoms with Crippen molar-refractivity contribution < 1.29 is 14.6 Å². The van der Waals surface area contributed by atoms with Crippen molar-refractivity contribution in [3.05, 3.63) is 70.3 Å². The minimum Gasteiger partial charge on any atom is -0.485 e. The first-order valence-electron chi connectivity index (χ1n) is 7.08. The standard InChI is InChI=1S/C18H15ClO3/c19-14-8-7-13-10-15(18(20)21)16(22-17(13)11-14)9-6-12-4-2-1-3-5-12/h1-5,7-8,10-11,16H,6,9H2,(H,20,21). The average molecular weight is 315 g/mol. The maximum Gasteiger partial charge on any atom is 0.335 e. The summed E-state index contributed by atoms with van der Waals surface area (Å²) in [6.07, 6.45) is 2.57. The summed E-state index contributed by atoms with van der Waals surface area (Å²) in [5.74, 6) is -0.311. The topological polar surface area (TPSA) is 46.5 Å². The quantitative estimate of drug-likeness (QED) is 0.920. The van der Waals surface area contributed by atoms with Crippen molar-refractivity contribution in [2.45, 2.75) is 18.9 Å². The molecule has 0 saturated heterocycles. The number of aliphatic carboxylic acids is 1. The molecule has 3 nitrogen and oxygen atoms in total. The van der Waals surface area contributed by atoms with E-state index in [0.29, 0.717) is 17.2 Å². The van der Waals surface area contributed by atoms with Crippen LogP contribution in [0.25, 0.3) is 6.08 Å². The first-order chi connectivity index (χ1) is 10.6. The number of hydrogen-bond donors (Lipinski definition) is 1. The molecule has 1 unspecified atom stereocenters. The van der Waals surface area contributed by atoms with Gasteiger partial charge in [0.2, 0.25) is 0 Å². The molecule has 3 rings (SSSR count). The first kappa shape index (κ1) is 14.7. The molecule has 0 fully saturated rings. The van der Waals surface area contributed by atoms with Gasteiger partial charge in [-0.3, -0.25) is 0 Å². The third-order valence-corrected chi connectivity index (χ3v) is 3.92. The highest BCUT2D eigenvalue weighted by Crippen LogP contribution is 2.33. The van der Waals surface area contributed by atoms with Gasteiger partial charge in [0.15, 0.2) is 0 Å². The molecule has 2 aromatic carbocycles. The van der Waals surface area contributed by atoms with E-state index in [9.17, 15) is 9.90 Å². The van der Waals surface area contributed by atoms with Crippen molar-refractivity contribution in [3.63, 3.8) is 0 Å². The highest BCUT2D eigenvalue weighted by Gasteiger charge is 2.27. The Bertz CT molecular complexity index is 722. The van der Waals surface area contributed by atoms with Crippen LogP contribution < -0.4 is 4.74 Å². The van der Waals surface area contributed by atoms with E-state index in [1.165, 1.54) is 0 Å². The molecule has 0 bridgehead atoms. The normalized spacial score (nSPS) is 16.4.